The first-order valence-corrected chi connectivity index (χ1v) is 10.1. The fourth-order valence-corrected chi connectivity index (χ4v) is 4.47. The summed E-state index contributed by atoms with van der Waals surface area (Å²) in [5, 5.41) is 6.30. The number of hydrogen-bond donors (Lipinski definition) is 2. The molecule has 1 aliphatic rings. The van der Waals surface area contributed by atoms with Crippen LogP contribution in [0.25, 0.3) is 0 Å². The zero-order chi connectivity index (χ0) is 17.8. The number of benzene rings is 1. The minimum Gasteiger partial charge on any atom is -0.357 e. The van der Waals surface area contributed by atoms with Gasteiger partial charge in [-0.05, 0) is 25.0 Å². The van der Waals surface area contributed by atoms with Gasteiger partial charge in [0.15, 0.2) is 15.8 Å². The lowest BCUT2D eigenvalue weighted by atomic mass is 9.84. The highest BCUT2D eigenvalue weighted by atomic mass is 127. The zero-order valence-electron chi connectivity index (χ0n) is 14.9. The van der Waals surface area contributed by atoms with Crippen molar-refractivity contribution >= 4 is 39.8 Å². The first-order valence-electron chi connectivity index (χ1n) is 8.24. The molecule has 0 aromatic heterocycles. The van der Waals surface area contributed by atoms with Crippen molar-refractivity contribution in [3.05, 3.63) is 35.6 Å². The van der Waals surface area contributed by atoms with Crippen molar-refractivity contribution in [2.24, 2.45) is 4.99 Å². The van der Waals surface area contributed by atoms with Crippen molar-refractivity contribution in [1.29, 1.82) is 0 Å². The predicted octanol–water partition coefficient (Wildman–Crippen LogP) is 2.46. The monoisotopic (exact) mass is 483 g/mol. The maximum absolute atomic E-state index is 14.0. The van der Waals surface area contributed by atoms with Gasteiger partial charge in [0.05, 0.1) is 18.1 Å². The average molecular weight is 483 g/mol. The molecule has 1 unspecified atom stereocenters. The lowest BCUT2D eigenvalue weighted by Gasteiger charge is -2.25. The van der Waals surface area contributed by atoms with Gasteiger partial charge in [0.1, 0.15) is 5.82 Å². The van der Waals surface area contributed by atoms with E-state index in [2.05, 4.69) is 15.6 Å². The summed E-state index contributed by atoms with van der Waals surface area (Å²) < 4.78 is 37.2. The number of nitrogens with one attached hydrogen (secondary N) is 2. The van der Waals surface area contributed by atoms with Crippen LogP contribution in [-0.2, 0) is 15.3 Å². The van der Waals surface area contributed by atoms with Crippen LogP contribution in [0.4, 0.5) is 4.39 Å². The largest absolute Gasteiger partial charge is 0.357 e. The second-order valence-electron chi connectivity index (χ2n) is 6.80. The molecule has 1 aromatic carbocycles. The van der Waals surface area contributed by atoms with Gasteiger partial charge in [-0.15, -0.1) is 24.0 Å². The number of hydrogen-bond acceptors (Lipinski definition) is 3. The number of halogens is 2. The third-order valence-electron chi connectivity index (χ3n) is 4.15. The van der Waals surface area contributed by atoms with E-state index in [9.17, 15) is 12.8 Å². The van der Waals surface area contributed by atoms with Crippen molar-refractivity contribution in [2.75, 3.05) is 24.6 Å². The Hall–Kier alpha value is -0.900. The Morgan fingerprint density at radius 2 is 2.04 bits per heavy atom. The molecule has 0 amide bonds. The number of rotatable bonds is 5. The highest BCUT2D eigenvalue weighted by Crippen LogP contribution is 2.26. The van der Waals surface area contributed by atoms with E-state index >= 15 is 0 Å². The van der Waals surface area contributed by atoms with E-state index in [4.69, 9.17) is 0 Å². The van der Waals surface area contributed by atoms with Crippen LogP contribution in [0.5, 0.6) is 0 Å². The van der Waals surface area contributed by atoms with Gasteiger partial charge in [0, 0.05) is 18.0 Å². The standard InChI is InChI=1S/C17H26FN3O2S.HI/c1-4-19-16(21-13-9-10-24(22,23)11-13)20-12-17(2,3)14-7-5-6-8-15(14)18;/h5-8,13H,4,9-12H2,1-3H3,(H2,19,20,21);1H. The topological polar surface area (TPSA) is 70.6 Å². The van der Waals surface area contributed by atoms with Crippen LogP contribution in [0.15, 0.2) is 29.3 Å². The summed E-state index contributed by atoms with van der Waals surface area (Å²) in [5.74, 6) is 0.681. The fraction of sp³-hybridized carbons (Fsp3) is 0.588. The van der Waals surface area contributed by atoms with Crippen molar-refractivity contribution in [1.82, 2.24) is 10.6 Å². The second kappa shape index (κ2) is 9.16. The van der Waals surface area contributed by atoms with Crippen molar-refractivity contribution in [2.45, 2.75) is 38.6 Å². The molecule has 25 heavy (non-hydrogen) atoms. The van der Waals surface area contributed by atoms with Gasteiger partial charge in [-0.3, -0.25) is 4.99 Å². The fourth-order valence-electron chi connectivity index (χ4n) is 2.79. The third-order valence-corrected chi connectivity index (χ3v) is 5.92. The molecule has 5 nitrogen and oxygen atoms in total. The predicted molar refractivity (Wildman–Crippen MR) is 111 cm³/mol. The van der Waals surface area contributed by atoms with E-state index in [-0.39, 0.29) is 47.3 Å². The lowest BCUT2D eigenvalue weighted by molar-refractivity contribution is 0.491. The third kappa shape index (κ3) is 6.40. The van der Waals surface area contributed by atoms with Gasteiger partial charge < -0.3 is 10.6 Å². The van der Waals surface area contributed by atoms with Crippen LogP contribution in [0.1, 0.15) is 32.8 Å². The van der Waals surface area contributed by atoms with Crippen LogP contribution >= 0.6 is 24.0 Å². The van der Waals surface area contributed by atoms with Gasteiger partial charge >= 0.3 is 0 Å². The van der Waals surface area contributed by atoms with E-state index in [0.29, 0.717) is 31.0 Å². The highest BCUT2D eigenvalue weighted by molar-refractivity contribution is 14.0. The van der Waals surface area contributed by atoms with Crippen LogP contribution in [0, 0.1) is 5.82 Å². The van der Waals surface area contributed by atoms with Gasteiger partial charge in [0.2, 0.25) is 0 Å². The van der Waals surface area contributed by atoms with Crippen LogP contribution < -0.4 is 10.6 Å². The van der Waals surface area contributed by atoms with Crippen LogP contribution in [0.2, 0.25) is 0 Å². The Kier molecular flexibility index (Phi) is 8.11. The molecule has 1 aliphatic heterocycles. The van der Waals surface area contributed by atoms with Gasteiger partial charge in [-0.2, -0.15) is 0 Å². The lowest BCUT2D eigenvalue weighted by Crippen LogP contribution is -2.44. The Morgan fingerprint density at radius 1 is 1.36 bits per heavy atom. The molecule has 1 heterocycles. The molecule has 0 radical (unpaired) electrons. The van der Waals surface area contributed by atoms with E-state index in [1.165, 1.54) is 6.07 Å². The summed E-state index contributed by atoms with van der Waals surface area (Å²) in [6, 6.07) is 6.59. The first-order chi connectivity index (χ1) is 11.2. The summed E-state index contributed by atoms with van der Waals surface area (Å²) in [4.78, 5) is 4.55. The van der Waals surface area contributed by atoms with Gasteiger partial charge in [-0.25, -0.2) is 12.8 Å². The maximum atomic E-state index is 14.0. The average Bonchev–Trinajstić information content (AvgIpc) is 2.84. The van der Waals surface area contributed by atoms with E-state index in [0.717, 1.165) is 0 Å². The van der Waals surface area contributed by atoms with Crippen LogP contribution in [-0.4, -0.2) is 45.0 Å². The Bertz CT molecular complexity index is 708. The molecular formula is C17H27FIN3O2S. The molecule has 1 aromatic rings. The molecule has 0 spiro atoms. The molecule has 2 rings (SSSR count). The Morgan fingerprint density at radius 3 is 2.60 bits per heavy atom. The van der Waals surface area contributed by atoms with Crippen LogP contribution in [0.3, 0.4) is 0 Å². The van der Waals surface area contributed by atoms with Crippen molar-refractivity contribution in [3.8, 4) is 0 Å². The summed E-state index contributed by atoms with van der Waals surface area (Å²) in [6.07, 6.45) is 0.587. The molecule has 2 N–H and O–H groups in total. The zero-order valence-corrected chi connectivity index (χ0v) is 18.0. The minimum absolute atomic E-state index is 0. The summed E-state index contributed by atoms with van der Waals surface area (Å²) >= 11 is 0. The van der Waals surface area contributed by atoms with E-state index in [1.54, 1.807) is 12.1 Å². The molecule has 0 saturated carbocycles. The SMILES string of the molecule is CCNC(=NCC(C)(C)c1ccccc1F)NC1CCS(=O)(=O)C1.I. The molecule has 1 fully saturated rings. The number of nitrogens with zero attached hydrogens (tertiary/aromatic N) is 1. The molecule has 0 bridgehead atoms. The number of guanidine groups is 1. The summed E-state index contributed by atoms with van der Waals surface area (Å²) in [6.45, 7) is 6.90. The first kappa shape index (κ1) is 22.1. The van der Waals surface area contributed by atoms with E-state index < -0.39 is 15.3 Å². The number of aliphatic imine (C=N–C) groups is 1. The molecule has 0 aliphatic carbocycles. The minimum atomic E-state index is -2.94. The molecule has 1 saturated heterocycles. The van der Waals surface area contributed by atoms with E-state index in [1.807, 2.05) is 26.8 Å². The van der Waals surface area contributed by atoms with Gasteiger partial charge in [-0.1, -0.05) is 32.0 Å². The number of sulfone groups is 1. The summed E-state index contributed by atoms with van der Waals surface area (Å²) in [5.41, 5.74) is 0.156. The molecule has 1 atom stereocenters. The van der Waals surface area contributed by atoms with Crippen molar-refractivity contribution in [3.63, 3.8) is 0 Å². The second-order valence-corrected chi connectivity index (χ2v) is 9.03. The van der Waals surface area contributed by atoms with Gasteiger partial charge in [0.25, 0.3) is 0 Å². The van der Waals surface area contributed by atoms with Crippen molar-refractivity contribution < 1.29 is 12.8 Å². The smallest absolute Gasteiger partial charge is 0.191 e. The quantitative estimate of drug-likeness (QED) is 0.384. The molecule has 8 heteroatoms. The highest BCUT2D eigenvalue weighted by Gasteiger charge is 2.29. The molecular weight excluding hydrogens is 456 g/mol. The maximum Gasteiger partial charge on any atom is 0.191 e. The Balaban J connectivity index is 0.00000312. The Labute approximate surface area is 166 Å². The molecule has 142 valence electrons. The normalized spacial score (nSPS) is 20.0. The summed E-state index contributed by atoms with van der Waals surface area (Å²) in [7, 11) is -2.94.